The molecule has 1 atom stereocenters. The van der Waals surface area contributed by atoms with E-state index in [4.69, 9.17) is 10.5 Å². The van der Waals surface area contributed by atoms with Gasteiger partial charge in [0.25, 0.3) is 0 Å². The van der Waals surface area contributed by atoms with Gasteiger partial charge in [0.05, 0.1) is 11.7 Å². The molecule has 1 amide bonds. The zero-order valence-corrected chi connectivity index (χ0v) is 9.86. The zero-order chi connectivity index (χ0) is 12.1. The summed E-state index contributed by atoms with van der Waals surface area (Å²) in [5.74, 6) is 0.426. The number of hydrogen-bond donors (Lipinski definition) is 2. The smallest absolute Gasteiger partial charge is 0.242 e. The molecule has 0 saturated heterocycles. The van der Waals surface area contributed by atoms with Crippen LogP contribution in [0.1, 0.15) is 12.1 Å². The first kappa shape index (κ1) is 12.7. The summed E-state index contributed by atoms with van der Waals surface area (Å²) in [6.07, 6.45) is 0.499. The predicted octanol–water partition coefficient (Wildman–Crippen LogP) is 0.0308. The lowest BCUT2D eigenvalue weighted by molar-refractivity contribution is -0.117. The summed E-state index contributed by atoms with van der Waals surface area (Å²) in [5.41, 5.74) is 6.54. The van der Waals surface area contributed by atoms with Gasteiger partial charge in [-0.15, -0.1) is 0 Å². The molecular formula is C10H18N4O2. The van der Waals surface area contributed by atoms with Gasteiger partial charge in [-0.05, 0) is 13.3 Å². The number of ether oxygens (including phenoxy) is 1. The Morgan fingerprint density at radius 3 is 2.94 bits per heavy atom. The Hall–Kier alpha value is -1.40. The van der Waals surface area contributed by atoms with Crippen LogP contribution >= 0.6 is 0 Å². The highest BCUT2D eigenvalue weighted by molar-refractivity contribution is 5.93. The minimum absolute atomic E-state index is 0.222. The van der Waals surface area contributed by atoms with Crippen molar-refractivity contribution in [3.63, 3.8) is 0 Å². The fourth-order valence-electron chi connectivity index (χ4n) is 1.32. The van der Waals surface area contributed by atoms with Crippen molar-refractivity contribution < 1.29 is 9.53 Å². The number of aromatic nitrogens is 2. The Balaban J connectivity index is 2.53. The Labute approximate surface area is 94.8 Å². The van der Waals surface area contributed by atoms with E-state index in [1.165, 1.54) is 0 Å². The number of anilines is 1. The number of hydrogen-bond acceptors (Lipinski definition) is 4. The van der Waals surface area contributed by atoms with Crippen LogP contribution in [-0.2, 0) is 16.6 Å². The Kier molecular flexibility index (Phi) is 4.45. The first-order chi connectivity index (χ1) is 7.54. The molecule has 90 valence electrons. The molecule has 1 heterocycles. The molecule has 16 heavy (non-hydrogen) atoms. The maximum atomic E-state index is 11.6. The molecule has 1 unspecified atom stereocenters. The molecular weight excluding hydrogens is 208 g/mol. The third kappa shape index (κ3) is 3.32. The molecule has 0 aromatic carbocycles. The number of nitrogens with two attached hydrogens (primary N) is 1. The van der Waals surface area contributed by atoms with Crippen LogP contribution in [0.3, 0.4) is 0 Å². The number of nitrogens with zero attached hydrogens (tertiary/aromatic N) is 2. The average Bonchev–Trinajstić information content (AvgIpc) is 2.53. The summed E-state index contributed by atoms with van der Waals surface area (Å²) in [5, 5.41) is 6.84. The van der Waals surface area contributed by atoms with Crippen molar-refractivity contribution in [1.29, 1.82) is 0 Å². The lowest BCUT2D eigenvalue weighted by Crippen LogP contribution is -2.36. The monoisotopic (exact) mass is 226 g/mol. The molecule has 1 rings (SSSR count). The highest BCUT2D eigenvalue weighted by atomic mass is 16.5. The molecule has 0 radical (unpaired) electrons. The third-order valence-electron chi connectivity index (χ3n) is 2.22. The van der Waals surface area contributed by atoms with E-state index >= 15 is 0 Å². The summed E-state index contributed by atoms with van der Waals surface area (Å²) in [6, 6.07) is 1.23. The van der Waals surface area contributed by atoms with E-state index in [2.05, 4.69) is 10.4 Å². The lowest BCUT2D eigenvalue weighted by atomic mass is 10.2. The molecule has 3 N–H and O–H groups in total. The van der Waals surface area contributed by atoms with Crippen LogP contribution in [0.4, 0.5) is 5.82 Å². The van der Waals surface area contributed by atoms with Crippen molar-refractivity contribution in [3.05, 3.63) is 11.8 Å². The molecule has 0 aliphatic carbocycles. The minimum Gasteiger partial charge on any atom is -0.385 e. The zero-order valence-electron chi connectivity index (χ0n) is 9.86. The second-order valence-electron chi connectivity index (χ2n) is 3.67. The number of carbonyl (C=O) groups is 1. The summed E-state index contributed by atoms with van der Waals surface area (Å²) >= 11 is 0. The van der Waals surface area contributed by atoms with E-state index < -0.39 is 6.04 Å². The average molecular weight is 226 g/mol. The largest absolute Gasteiger partial charge is 0.385 e. The van der Waals surface area contributed by atoms with Gasteiger partial charge in [0.1, 0.15) is 5.82 Å². The number of nitrogens with one attached hydrogen (secondary N) is 1. The van der Waals surface area contributed by atoms with Crippen molar-refractivity contribution in [3.8, 4) is 0 Å². The van der Waals surface area contributed by atoms with E-state index in [1.807, 2.05) is 6.92 Å². The molecule has 0 fully saturated rings. The first-order valence-electron chi connectivity index (χ1n) is 5.10. The van der Waals surface area contributed by atoms with Crippen LogP contribution in [0.15, 0.2) is 6.07 Å². The standard InChI is InChI=1S/C10H18N4O2/c1-7-6-9(14(2)13-7)12-10(15)8(11)4-5-16-3/h6,8H,4-5,11H2,1-3H3,(H,12,15). The topological polar surface area (TPSA) is 82.2 Å². The Bertz CT molecular complexity index is 362. The van der Waals surface area contributed by atoms with Gasteiger partial charge in [0.15, 0.2) is 0 Å². The predicted molar refractivity (Wildman–Crippen MR) is 61.0 cm³/mol. The molecule has 1 aromatic heterocycles. The second kappa shape index (κ2) is 5.62. The molecule has 6 heteroatoms. The van der Waals surface area contributed by atoms with Gasteiger partial charge in [-0.3, -0.25) is 9.48 Å². The molecule has 0 aliphatic heterocycles. The molecule has 0 bridgehead atoms. The summed E-state index contributed by atoms with van der Waals surface area (Å²) < 4.78 is 6.47. The molecule has 0 saturated carbocycles. The Morgan fingerprint density at radius 2 is 2.44 bits per heavy atom. The number of carbonyl (C=O) groups excluding carboxylic acids is 1. The van der Waals surface area contributed by atoms with Gasteiger partial charge in [-0.1, -0.05) is 0 Å². The number of aryl methyl sites for hydroxylation is 2. The van der Waals surface area contributed by atoms with E-state index in [9.17, 15) is 4.79 Å². The first-order valence-corrected chi connectivity index (χ1v) is 5.10. The van der Waals surface area contributed by atoms with E-state index in [0.29, 0.717) is 18.8 Å². The normalized spacial score (nSPS) is 12.5. The number of methoxy groups -OCH3 is 1. The van der Waals surface area contributed by atoms with Crippen molar-refractivity contribution >= 4 is 11.7 Å². The van der Waals surface area contributed by atoms with Crippen molar-refractivity contribution in [1.82, 2.24) is 9.78 Å². The van der Waals surface area contributed by atoms with Crippen LogP contribution in [0, 0.1) is 6.92 Å². The second-order valence-corrected chi connectivity index (χ2v) is 3.67. The quantitative estimate of drug-likeness (QED) is 0.742. The summed E-state index contributed by atoms with van der Waals surface area (Å²) in [4.78, 5) is 11.6. The number of rotatable bonds is 5. The van der Waals surface area contributed by atoms with Crippen LogP contribution in [0.2, 0.25) is 0 Å². The van der Waals surface area contributed by atoms with Crippen molar-refractivity contribution in [2.24, 2.45) is 12.8 Å². The maximum absolute atomic E-state index is 11.6. The van der Waals surface area contributed by atoms with Gasteiger partial charge in [-0.2, -0.15) is 5.10 Å². The van der Waals surface area contributed by atoms with E-state index in [0.717, 1.165) is 5.69 Å². The fraction of sp³-hybridized carbons (Fsp3) is 0.600. The van der Waals surface area contributed by atoms with Crippen molar-refractivity contribution in [2.45, 2.75) is 19.4 Å². The molecule has 0 aliphatic rings. The molecule has 1 aromatic rings. The lowest BCUT2D eigenvalue weighted by Gasteiger charge is -2.11. The molecule has 6 nitrogen and oxygen atoms in total. The van der Waals surface area contributed by atoms with Crippen LogP contribution in [0.5, 0.6) is 0 Å². The van der Waals surface area contributed by atoms with Crippen LogP contribution in [0.25, 0.3) is 0 Å². The highest BCUT2D eigenvalue weighted by Gasteiger charge is 2.14. The summed E-state index contributed by atoms with van der Waals surface area (Å²) in [6.45, 7) is 2.33. The third-order valence-corrected chi connectivity index (χ3v) is 2.22. The van der Waals surface area contributed by atoms with Crippen LogP contribution in [-0.4, -0.2) is 35.4 Å². The van der Waals surface area contributed by atoms with Gasteiger partial charge >= 0.3 is 0 Å². The minimum atomic E-state index is -0.560. The Morgan fingerprint density at radius 1 is 1.75 bits per heavy atom. The SMILES string of the molecule is COCCC(N)C(=O)Nc1cc(C)nn1C. The van der Waals surface area contributed by atoms with Gasteiger partial charge in [0.2, 0.25) is 5.91 Å². The summed E-state index contributed by atoms with van der Waals surface area (Å²) in [7, 11) is 3.35. The van der Waals surface area contributed by atoms with Crippen molar-refractivity contribution in [2.75, 3.05) is 19.0 Å². The maximum Gasteiger partial charge on any atom is 0.242 e. The highest BCUT2D eigenvalue weighted by Crippen LogP contribution is 2.08. The molecule has 0 spiro atoms. The van der Waals surface area contributed by atoms with Gasteiger partial charge in [-0.25, -0.2) is 0 Å². The fourth-order valence-corrected chi connectivity index (χ4v) is 1.32. The van der Waals surface area contributed by atoms with Gasteiger partial charge in [0, 0.05) is 26.8 Å². The number of amides is 1. The van der Waals surface area contributed by atoms with E-state index in [-0.39, 0.29) is 5.91 Å². The van der Waals surface area contributed by atoms with Gasteiger partial charge < -0.3 is 15.8 Å². The van der Waals surface area contributed by atoms with Crippen LogP contribution < -0.4 is 11.1 Å². The van der Waals surface area contributed by atoms with E-state index in [1.54, 1.807) is 24.9 Å².